The quantitative estimate of drug-likeness (QED) is 0.472. The maximum atomic E-state index is 4.42. The smallest absolute Gasteiger partial charge is 0.152 e. The van der Waals surface area contributed by atoms with Crippen molar-refractivity contribution in [3.05, 3.63) is 0 Å². The number of hydrogen-bond acceptors (Lipinski definition) is 3. The molecule has 8 atom stereocenters. The van der Waals surface area contributed by atoms with E-state index in [2.05, 4.69) is 16.0 Å². The van der Waals surface area contributed by atoms with E-state index in [1.807, 2.05) is 0 Å². The molecule has 0 radical (unpaired) electrons. The van der Waals surface area contributed by atoms with Crippen LogP contribution in [0.15, 0.2) is 0 Å². The zero-order valence-electron chi connectivity index (χ0n) is 20.5. The lowest BCUT2D eigenvalue weighted by atomic mass is 9.24. The largest absolute Gasteiger partial charge is 0.317 e. The Kier molecular flexibility index (Phi) is 5.81. The standard InChI is InChI=1S/C27H48BN3Si/c1-2-9-19(10-3-1)28-21-12-6-17-30-26(21)32(27-22(28)13-7-18-31-27)23-14-5-4-11-20(23)25-24(32)15-8-16-29-25/h19-27,29-31H,1-18H2. The van der Waals surface area contributed by atoms with Gasteiger partial charge < -0.3 is 16.0 Å². The van der Waals surface area contributed by atoms with Crippen LogP contribution < -0.4 is 16.0 Å². The van der Waals surface area contributed by atoms with E-state index < -0.39 is 8.07 Å². The maximum absolute atomic E-state index is 4.42. The fraction of sp³-hybridized carbons (Fsp3) is 1.00. The zero-order chi connectivity index (χ0) is 21.1. The molecular formula is C27H48BN3Si. The minimum Gasteiger partial charge on any atom is -0.317 e. The van der Waals surface area contributed by atoms with E-state index >= 15 is 0 Å². The summed E-state index contributed by atoms with van der Waals surface area (Å²) in [5, 5.41) is 13.0. The Hall–Kier alpha value is 0.162. The molecule has 8 unspecified atom stereocenters. The predicted molar refractivity (Wildman–Crippen MR) is 138 cm³/mol. The van der Waals surface area contributed by atoms with Crippen LogP contribution in [-0.4, -0.2) is 51.8 Å². The summed E-state index contributed by atoms with van der Waals surface area (Å²) in [5.74, 6) is 4.14. The van der Waals surface area contributed by atoms with Crippen LogP contribution in [-0.2, 0) is 0 Å². The average molecular weight is 454 g/mol. The monoisotopic (exact) mass is 453 g/mol. The molecule has 5 heterocycles. The summed E-state index contributed by atoms with van der Waals surface area (Å²) in [5.41, 5.74) is 4.05. The molecule has 7 rings (SSSR count). The third kappa shape index (κ3) is 3.02. The lowest BCUT2D eigenvalue weighted by molar-refractivity contribution is 0.264. The van der Waals surface area contributed by atoms with Crippen LogP contribution in [0.5, 0.6) is 0 Å². The second-order valence-corrected chi connectivity index (χ2v) is 18.0. The van der Waals surface area contributed by atoms with E-state index in [9.17, 15) is 0 Å². The summed E-state index contributed by atoms with van der Waals surface area (Å²) in [6, 6.07) is 0.890. The van der Waals surface area contributed by atoms with Gasteiger partial charge in [-0.15, -0.1) is 0 Å². The van der Waals surface area contributed by atoms with Gasteiger partial charge >= 0.3 is 0 Å². The molecule has 0 aromatic heterocycles. The van der Waals surface area contributed by atoms with Gasteiger partial charge in [-0.1, -0.05) is 76.4 Å². The molecule has 178 valence electrons. The lowest BCUT2D eigenvalue weighted by Gasteiger charge is -2.65. The Morgan fingerprint density at radius 1 is 0.531 bits per heavy atom. The van der Waals surface area contributed by atoms with Gasteiger partial charge in [0.15, 0.2) is 6.71 Å². The van der Waals surface area contributed by atoms with E-state index in [0.717, 1.165) is 58.5 Å². The second kappa shape index (κ2) is 8.68. The second-order valence-electron chi connectivity index (χ2n) is 13.2. The third-order valence-electron chi connectivity index (χ3n) is 12.3. The summed E-state index contributed by atoms with van der Waals surface area (Å²) in [6.07, 6.45) is 23.0. The van der Waals surface area contributed by atoms with Gasteiger partial charge in [0.25, 0.3) is 0 Å². The van der Waals surface area contributed by atoms with Crippen molar-refractivity contribution in [3.8, 4) is 0 Å². The SMILES string of the molecule is C1CCC(B2C3CCCNC3[Si]3(C4CCCCC4C4NCCCC43)C3NCCCC23)CC1. The summed E-state index contributed by atoms with van der Waals surface area (Å²) < 4.78 is 0. The Morgan fingerprint density at radius 3 is 1.88 bits per heavy atom. The number of fused-ring (bicyclic) bond motifs is 9. The Bertz CT molecular complexity index is 636. The van der Waals surface area contributed by atoms with Crippen LogP contribution in [0.4, 0.5) is 0 Å². The first-order chi connectivity index (χ1) is 15.9. The molecule has 3 nitrogen and oxygen atoms in total. The van der Waals surface area contributed by atoms with Crippen molar-refractivity contribution in [2.24, 2.45) is 5.92 Å². The van der Waals surface area contributed by atoms with Crippen molar-refractivity contribution < 1.29 is 0 Å². The van der Waals surface area contributed by atoms with Crippen molar-refractivity contribution in [3.63, 3.8) is 0 Å². The van der Waals surface area contributed by atoms with Gasteiger partial charge in [-0.3, -0.25) is 0 Å². The summed E-state index contributed by atoms with van der Waals surface area (Å²) in [6.45, 7) is 5.00. The summed E-state index contributed by atoms with van der Waals surface area (Å²) in [4.78, 5) is 0. The van der Waals surface area contributed by atoms with Crippen LogP contribution in [0.1, 0.15) is 96.3 Å². The van der Waals surface area contributed by atoms with Crippen molar-refractivity contribution in [1.82, 2.24) is 16.0 Å². The van der Waals surface area contributed by atoms with Gasteiger partial charge in [0.2, 0.25) is 0 Å². The number of nitrogens with one attached hydrogen (secondary N) is 3. The first-order valence-corrected chi connectivity index (χ1v) is 17.4. The maximum Gasteiger partial charge on any atom is 0.152 e. The molecular weight excluding hydrogens is 405 g/mol. The first-order valence-electron chi connectivity index (χ1n) is 15.1. The highest BCUT2D eigenvalue weighted by atomic mass is 28.3. The van der Waals surface area contributed by atoms with E-state index in [1.165, 1.54) is 71.0 Å². The molecule has 5 saturated heterocycles. The molecule has 5 aliphatic heterocycles. The van der Waals surface area contributed by atoms with E-state index in [-0.39, 0.29) is 0 Å². The van der Waals surface area contributed by atoms with E-state index in [1.54, 1.807) is 44.9 Å². The molecule has 0 bridgehead atoms. The summed E-state index contributed by atoms with van der Waals surface area (Å²) >= 11 is 0. The summed E-state index contributed by atoms with van der Waals surface area (Å²) in [7, 11) is -1.56. The Balaban J connectivity index is 1.36. The van der Waals surface area contributed by atoms with Crippen LogP contribution in [0, 0.1) is 5.92 Å². The third-order valence-corrected chi connectivity index (χ3v) is 19.7. The molecule has 2 aliphatic carbocycles. The lowest BCUT2D eigenvalue weighted by Crippen LogP contribution is -2.79. The van der Waals surface area contributed by atoms with E-state index in [0.29, 0.717) is 0 Å². The van der Waals surface area contributed by atoms with Crippen LogP contribution in [0.25, 0.3) is 0 Å². The van der Waals surface area contributed by atoms with Gasteiger partial charge in [-0.2, -0.15) is 0 Å². The molecule has 32 heavy (non-hydrogen) atoms. The first kappa shape index (κ1) is 21.4. The van der Waals surface area contributed by atoms with Crippen LogP contribution in [0.3, 0.4) is 0 Å². The normalized spacial score (nSPS) is 51.6. The number of hydrogen-bond donors (Lipinski definition) is 3. The van der Waals surface area contributed by atoms with Gasteiger partial charge in [-0.05, 0) is 85.3 Å². The van der Waals surface area contributed by atoms with Crippen LogP contribution >= 0.6 is 0 Å². The minimum atomic E-state index is -1.56. The highest BCUT2D eigenvalue weighted by Gasteiger charge is 2.73. The van der Waals surface area contributed by atoms with Gasteiger partial charge in [-0.25, -0.2) is 0 Å². The molecule has 0 aromatic rings. The zero-order valence-corrected chi connectivity index (χ0v) is 21.5. The van der Waals surface area contributed by atoms with Gasteiger partial charge in [0, 0.05) is 6.04 Å². The number of rotatable bonds is 1. The molecule has 3 N–H and O–H groups in total. The highest BCUT2D eigenvalue weighted by molar-refractivity contribution is 6.91. The average Bonchev–Trinajstić information content (AvgIpc) is 3.16. The minimum absolute atomic E-state index is 0.890. The fourth-order valence-corrected chi connectivity index (χ4v) is 21.4. The topological polar surface area (TPSA) is 36.1 Å². The molecule has 7 aliphatic rings. The predicted octanol–water partition coefficient (Wildman–Crippen LogP) is 5.30. The molecule has 0 amide bonds. The fourth-order valence-electron chi connectivity index (χ4n) is 11.8. The molecule has 7 fully saturated rings. The molecule has 1 spiro atoms. The van der Waals surface area contributed by atoms with Crippen molar-refractivity contribution in [2.45, 2.75) is 142 Å². The Labute approximate surface area is 198 Å². The molecule has 0 aromatic carbocycles. The van der Waals surface area contributed by atoms with Gasteiger partial charge in [0.1, 0.15) is 0 Å². The van der Waals surface area contributed by atoms with Crippen molar-refractivity contribution in [1.29, 1.82) is 0 Å². The van der Waals surface area contributed by atoms with Crippen molar-refractivity contribution >= 4 is 14.8 Å². The molecule has 2 saturated carbocycles. The van der Waals surface area contributed by atoms with Gasteiger partial charge in [0.05, 0.1) is 8.07 Å². The van der Waals surface area contributed by atoms with Crippen molar-refractivity contribution in [2.75, 3.05) is 19.6 Å². The number of piperidine rings is 3. The highest BCUT2D eigenvalue weighted by Crippen LogP contribution is 2.68. The van der Waals surface area contributed by atoms with Crippen LogP contribution in [0.2, 0.25) is 28.5 Å². The van der Waals surface area contributed by atoms with E-state index in [4.69, 9.17) is 0 Å². The molecule has 5 heteroatoms. The Morgan fingerprint density at radius 2 is 1.12 bits per heavy atom.